The van der Waals surface area contributed by atoms with Gasteiger partial charge in [0.25, 0.3) is 0 Å². The van der Waals surface area contributed by atoms with Crippen molar-refractivity contribution in [3.63, 3.8) is 0 Å². The Morgan fingerprint density at radius 1 is 1.13 bits per heavy atom. The summed E-state index contributed by atoms with van der Waals surface area (Å²) in [6, 6.07) is 15.6. The van der Waals surface area contributed by atoms with Crippen molar-refractivity contribution in [2.24, 2.45) is 0 Å². The lowest BCUT2D eigenvalue weighted by Gasteiger charge is -2.19. The summed E-state index contributed by atoms with van der Waals surface area (Å²) in [5.41, 5.74) is 1.92. The van der Waals surface area contributed by atoms with E-state index < -0.39 is 0 Å². The SMILES string of the molecule is CN(CCCNC(=O)Nc1ccc(Br)cc1Br)c1ccccc1. The fraction of sp³-hybridized carbons (Fsp3) is 0.235. The van der Waals surface area contributed by atoms with Gasteiger partial charge in [0.2, 0.25) is 0 Å². The van der Waals surface area contributed by atoms with E-state index in [-0.39, 0.29) is 6.03 Å². The molecule has 2 N–H and O–H groups in total. The molecule has 0 spiro atoms. The zero-order valence-electron chi connectivity index (χ0n) is 12.9. The third-order valence-electron chi connectivity index (χ3n) is 3.33. The topological polar surface area (TPSA) is 44.4 Å². The predicted octanol–water partition coefficient (Wildman–Crippen LogP) is 4.86. The molecule has 2 aromatic rings. The van der Waals surface area contributed by atoms with Gasteiger partial charge in [-0.25, -0.2) is 4.79 Å². The summed E-state index contributed by atoms with van der Waals surface area (Å²) in [5.74, 6) is 0. The number of para-hydroxylation sites is 1. The summed E-state index contributed by atoms with van der Waals surface area (Å²) in [5, 5.41) is 5.70. The van der Waals surface area contributed by atoms with Gasteiger partial charge in [-0.1, -0.05) is 34.1 Å². The highest BCUT2D eigenvalue weighted by Crippen LogP contribution is 2.25. The third-order valence-corrected chi connectivity index (χ3v) is 4.48. The van der Waals surface area contributed by atoms with Gasteiger partial charge in [0.05, 0.1) is 5.69 Å². The molecule has 0 aliphatic carbocycles. The van der Waals surface area contributed by atoms with Gasteiger partial charge in [-0.05, 0) is 52.7 Å². The molecule has 0 saturated heterocycles. The normalized spacial score (nSPS) is 10.2. The Balaban J connectivity index is 1.71. The van der Waals surface area contributed by atoms with Gasteiger partial charge in [0.1, 0.15) is 0 Å². The van der Waals surface area contributed by atoms with Gasteiger partial charge in [0, 0.05) is 34.8 Å². The van der Waals surface area contributed by atoms with Crippen LogP contribution < -0.4 is 15.5 Å². The van der Waals surface area contributed by atoms with Gasteiger partial charge >= 0.3 is 6.03 Å². The Morgan fingerprint density at radius 2 is 1.87 bits per heavy atom. The van der Waals surface area contributed by atoms with E-state index in [2.05, 4.69) is 59.5 Å². The molecule has 0 aromatic heterocycles. The van der Waals surface area contributed by atoms with Crippen LogP contribution in [0.2, 0.25) is 0 Å². The Labute approximate surface area is 153 Å². The van der Waals surface area contributed by atoms with Crippen LogP contribution in [-0.4, -0.2) is 26.2 Å². The fourth-order valence-electron chi connectivity index (χ4n) is 2.09. The largest absolute Gasteiger partial charge is 0.375 e. The van der Waals surface area contributed by atoms with Crippen LogP contribution in [0, 0.1) is 0 Å². The van der Waals surface area contributed by atoms with Crippen molar-refractivity contribution in [1.29, 1.82) is 0 Å². The number of hydrogen-bond donors (Lipinski definition) is 2. The number of halogens is 2. The van der Waals surface area contributed by atoms with E-state index in [0.29, 0.717) is 6.54 Å². The summed E-state index contributed by atoms with van der Waals surface area (Å²) in [4.78, 5) is 14.1. The standard InChI is InChI=1S/C17H19Br2N3O/c1-22(14-6-3-2-4-7-14)11-5-10-20-17(23)21-16-9-8-13(18)12-15(16)19/h2-4,6-9,12H,5,10-11H2,1H3,(H2,20,21,23). The lowest BCUT2D eigenvalue weighted by molar-refractivity contribution is 0.252. The van der Waals surface area contributed by atoms with Crippen LogP contribution in [0.1, 0.15) is 6.42 Å². The van der Waals surface area contributed by atoms with E-state index in [0.717, 1.165) is 27.6 Å². The van der Waals surface area contributed by atoms with E-state index in [1.807, 2.05) is 43.4 Å². The van der Waals surface area contributed by atoms with Crippen molar-refractivity contribution in [3.8, 4) is 0 Å². The molecule has 0 aliphatic heterocycles. The zero-order valence-corrected chi connectivity index (χ0v) is 16.0. The number of hydrogen-bond acceptors (Lipinski definition) is 2. The van der Waals surface area contributed by atoms with Crippen LogP contribution in [0.25, 0.3) is 0 Å². The molecular formula is C17H19Br2N3O. The van der Waals surface area contributed by atoms with Gasteiger partial charge in [-0.15, -0.1) is 0 Å². The Kier molecular flexibility index (Phi) is 6.92. The van der Waals surface area contributed by atoms with Gasteiger partial charge in [-0.3, -0.25) is 0 Å². The molecule has 122 valence electrons. The van der Waals surface area contributed by atoms with Gasteiger partial charge < -0.3 is 15.5 Å². The van der Waals surface area contributed by atoms with Crippen molar-refractivity contribution in [2.45, 2.75) is 6.42 Å². The highest BCUT2D eigenvalue weighted by molar-refractivity contribution is 9.11. The second-order valence-corrected chi connectivity index (χ2v) is 6.89. The van der Waals surface area contributed by atoms with Crippen LogP contribution in [0.15, 0.2) is 57.5 Å². The molecule has 0 atom stereocenters. The first-order chi connectivity index (χ1) is 11.1. The smallest absolute Gasteiger partial charge is 0.319 e. The number of amides is 2. The number of benzene rings is 2. The monoisotopic (exact) mass is 439 g/mol. The van der Waals surface area contributed by atoms with Crippen molar-refractivity contribution >= 4 is 49.3 Å². The minimum Gasteiger partial charge on any atom is -0.375 e. The highest BCUT2D eigenvalue weighted by Gasteiger charge is 2.05. The maximum Gasteiger partial charge on any atom is 0.319 e. The van der Waals surface area contributed by atoms with Crippen molar-refractivity contribution in [1.82, 2.24) is 5.32 Å². The van der Waals surface area contributed by atoms with Crippen molar-refractivity contribution in [2.75, 3.05) is 30.4 Å². The van der Waals surface area contributed by atoms with E-state index in [1.54, 1.807) is 0 Å². The lowest BCUT2D eigenvalue weighted by Crippen LogP contribution is -2.31. The molecule has 23 heavy (non-hydrogen) atoms. The molecule has 0 heterocycles. The molecule has 2 amide bonds. The average molecular weight is 441 g/mol. The zero-order chi connectivity index (χ0) is 16.7. The molecule has 0 aliphatic rings. The Bertz CT molecular complexity index is 650. The predicted molar refractivity (Wildman–Crippen MR) is 103 cm³/mol. The molecule has 6 heteroatoms. The first kappa shape index (κ1) is 17.8. The second-order valence-electron chi connectivity index (χ2n) is 5.12. The van der Waals surface area contributed by atoms with E-state index in [1.165, 1.54) is 5.69 Å². The average Bonchev–Trinajstić information content (AvgIpc) is 2.55. The molecule has 0 unspecified atom stereocenters. The maximum atomic E-state index is 11.9. The van der Waals surface area contributed by atoms with Crippen molar-refractivity contribution in [3.05, 3.63) is 57.5 Å². The maximum absolute atomic E-state index is 11.9. The summed E-state index contributed by atoms with van der Waals surface area (Å²) >= 11 is 6.81. The molecule has 4 nitrogen and oxygen atoms in total. The van der Waals surface area contributed by atoms with Crippen LogP contribution in [0.5, 0.6) is 0 Å². The van der Waals surface area contributed by atoms with E-state index in [4.69, 9.17) is 0 Å². The highest BCUT2D eigenvalue weighted by atomic mass is 79.9. The number of nitrogens with zero attached hydrogens (tertiary/aromatic N) is 1. The molecule has 2 aromatic carbocycles. The minimum absolute atomic E-state index is 0.199. The van der Waals surface area contributed by atoms with Gasteiger partial charge in [-0.2, -0.15) is 0 Å². The first-order valence-corrected chi connectivity index (χ1v) is 8.91. The summed E-state index contributed by atoms with van der Waals surface area (Å²) in [6.45, 7) is 1.50. The second kappa shape index (κ2) is 8.93. The number of carbonyl (C=O) groups is 1. The van der Waals surface area contributed by atoms with Gasteiger partial charge in [0.15, 0.2) is 0 Å². The number of nitrogens with one attached hydrogen (secondary N) is 2. The van der Waals surface area contributed by atoms with Crippen molar-refractivity contribution < 1.29 is 4.79 Å². The quantitative estimate of drug-likeness (QED) is 0.630. The number of urea groups is 1. The summed E-state index contributed by atoms with van der Waals surface area (Å²) < 4.78 is 1.80. The van der Waals surface area contributed by atoms with Crippen LogP contribution in [-0.2, 0) is 0 Å². The van der Waals surface area contributed by atoms with E-state index >= 15 is 0 Å². The molecule has 2 rings (SSSR count). The van der Waals surface area contributed by atoms with Crippen LogP contribution >= 0.6 is 31.9 Å². The van der Waals surface area contributed by atoms with E-state index in [9.17, 15) is 4.79 Å². The molecule has 0 bridgehead atoms. The summed E-state index contributed by atoms with van der Waals surface area (Å²) in [6.07, 6.45) is 0.875. The minimum atomic E-state index is -0.199. The number of carbonyl (C=O) groups excluding carboxylic acids is 1. The number of anilines is 2. The molecular weight excluding hydrogens is 422 g/mol. The van der Waals surface area contributed by atoms with Crippen LogP contribution in [0.4, 0.5) is 16.2 Å². The fourth-order valence-corrected chi connectivity index (χ4v) is 3.23. The lowest BCUT2D eigenvalue weighted by atomic mass is 10.3. The Morgan fingerprint density at radius 3 is 2.57 bits per heavy atom. The molecule has 0 fully saturated rings. The summed E-state index contributed by atoms with van der Waals surface area (Å²) in [7, 11) is 2.05. The first-order valence-electron chi connectivity index (χ1n) is 7.32. The Hall–Kier alpha value is -1.53. The molecule has 0 saturated carbocycles. The van der Waals surface area contributed by atoms with Crippen LogP contribution in [0.3, 0.4) is 0 Å². The molecule has 0 radical (unpaired) electrons. The number of rotatable bonds is 6. The third kappa shape index (κ3) is 5.88.